The summed E-state index contributed by atoms with van der Waals surface area (Å²) in [5, 5.41) is 12.0. The molecule has 0 saturated carbocycles. The minimum atomic E-state index is -0.624. The smallest absolute Gasteiger partial charge is 0.255 e. The Kier molecular flexibility index (Phi) is 10.4. The van der Waals surface area contributed by atoms with Crippen LogP contribution in [0.4, 0.5) is 0 Å². The number of fused-ring (bicyclic) bond motifs is 1. The van der Waals surface area contributed by atoms with Crippen LogP contribution in [0.2, 0.25) is 10.0 Å². The molecule has 44 heavy (non-hydrogen) atoms. The summed E-state index contributed by atoms with van der Waals surface area (Å²) in [5.74, 6) is -0.878. The van der Waals surface area contributed by atoms with Gasteiger partial charge in [-0.15, -0.1) is 0 Å². The van der Waals surface area contributed by atoms with E-state index in [1.54, 1.807) is 18.2 Å². The van der Waals surface area contributed by atoms with E-state index in [9.17, 15) is 19.6 Å². The molecule has 230 valence electrons. The van der Waals surface area contributed by atoms with E-state index in [0.717, 1.165) is 62.8 Å². The highest BCUT2D eigenvalue weighted by atomic mass is 35.5. The van der Waals surface area contributed by atoms with E-state index in [2.05, 4.69) is 15.9 Å². The van der Waals surface area contributed by atoms with Crippen LogP contribution in [-0.2, 0) is 9.59 Å². The standard InChI is InChI=1S/C34H37Cl2N5O3/c35-30-9-8-24(19-31(30)36)26(10-14-39-15-11-27(12-16-39)41-13-4-3-7-33(41)43)21-40(22-32(38)42)34(44)29-18-23(20-37)17-25-5-1-2-6-28(25)29/h1-2,5-6,8-9,17-19,26-27H,3-4,7,10-16,21-22H2,(H2,38,42). The molecule has 1 atom stereocenters. The van der Waals surface area contributed by atoms with E-state index >= 15 is 0 Å². The summed E-state index contributed by atoms with van der Waals surface area (Å²) in [6.45, 7) is 3.37. The lowest BCUT2D eigenvalue weighted by Gasteiger charge is -2.40. The van der Waals surface area contributed by atoms with Gasteiger partial charge in [0.25, 0.3) is 5.91 Å². The molecular formula is C34H37Cl2N5O3. The predicted octanol–water partition coefficient (Wildman–Crippen LogP) is 5.60. The van der Waals surface area contributed by atoms with Gasteiger partial charge in [-0.05, 0) is 79.3 Å². The van der Waals surface area contributed by atoms with Gasteiger partial charge in [-0.2, -0.15) is 5.26 Å². The zero-order chi connectivity index (χ0) is 31.2. The first-order valence-corrected chi connectivity index (χ1v) is 16.0. The number of hydrogen-bond acceptors (Lipinski definition) is 5. The highest BCUT2D eigenvalue weighted by Gasteiger charge is 2.30. The van der Waals surface area contributed by atoms with Gasteiger partial charge in [0, 0.05) is 50.1 Å². The van der Waals surface area contributed by atoms with Crippen molar-refractivity contribution in [2.75, 3.05) is 39.3 Å². The molecule has 2 heterocycles. The first kappa shape index (κ1) is 31.8. The number of nitriles is 1. The monoisotopic (exact) mass is 633 g/mol. The maximum atomic E-state index is 14.1. The Morgan fingerprint density at radius 3 is 2.50 bits per heavy atom. The number of piperidine rings is 2. The van der Waals surface area contributed by atoms with Gasteiger partial charge in [0.05, 0.1) is 28.2 Å². The second-order valence-electron chi connectivity index (χ2n) is 11.8. The highest BCUT2D eigenvalue weighted by molar-refractivity contribution is 6.42. The molecule has 0 radical (unpaired) electrons. The van der Waals surface area contributed by atoms with Crippen LogP contribution in [0.15, 0.2) is 54.6 Å². The zero-order valence-electron chi connectivity index (χ0n) is 24.7. The van der Waals surface area contributed by atoms with Crippen LogP contribution in [0.5, 0.6) is 0 Å². The molecule has 3 amide bonds. The summed E-state index contributed by atoms with van der Waals surface area (Å²) >= 11 is 12.7. The number of likely N-dealkylation sites (tertiary alicyclic amines) is 2. The molecule has 8 nitrogen and oxygen atoms in total. The van der Waals surface area contributed by atoms with Gasteiger partial charge in [-0.25, -0.2) is 0 Å². The SMILES string of the molecule is N#Cc1cc(C(=O)N(CC(N)=O)CC(CCN2CCC(N3CCCCC3=O)CC2)c2ccc(Cl)c(Cl)c2)c2ccccc2c1. The minimum Gasteiger partial charge on any atom is -0.368 e. The van der Waals surface area contributed by atoms with Crippen molar-refractivity contribution in [1.29, 1.82) is 5.26 Å². The van der Waals surface area contributed by atoms with Crippen molar-refractivity contribution < 1.29 is 14.4 Å². The van der Waals surface area contributed by atoms with E-state index in [1.165, 1.54) is 4.90 Å². The first-order chi connectivity index (χ1) is 21.2. The molecule has 2 fully saturated rings. The number of nitrogens with two attached hydrogens (primary N) is 1. The maximum Gasteiger partial charge on any atom is 0.255 e. The highest BCUT2D eigenvalue weighted by Crippen LogP contribution is 2.31. The van der Waals surface area contributed by atoms with E-state index < -0.39 is 5.91 Å². The molecule has 2 aliphatic rings. The summed E-state index contributed by atoms with van der Waals surface area (Å²) in [7, 11) is 0. The van der Waals surface area contributed by atoms with Crippen molar-refractivity contribution in [2.45, 2.75) is 50.5 Å². The van der Waals surface area contributed by atoms with E-state index in [4.69, 9.17) is 28.9 Å². The van der Waals surface area contributed by atoms with Gasteiger partial charge >= 0.3 is 0 Å². The second kappa shape index (κ2) is 14.4. The summed E-state index contributed by atoms with van der Waals surface area (Å²) in [5.41, 5.74) is 7.27. The molecule has 0 aliphatic carbocycles. The molecule has 1 unspecified atom stereocenters. The zero-order valence-corrected chi connectivity index (χ0v) is 26.2. The van der Waals surface area contributed by atoms with Crippen molar-refractivity contribution in [1.82, 2.24) is 14.7 Å². The van der Waals surface area contributed by atoms with E-state index in [1.807, 2.05) is 36.4 Å². The van der Waals surface area contributed by atoms with Crippen LogP contribution in [-0.4, -0.2) is 77.7 Å². The lowest BCUT2D eigenvalue weighted by molar-refractivity contribution is -0.136. The maximum absolute atomic E-state index is 14.1. The van der Waals surface area contributed by atoms with E-state index in [0.29, 0.717) is 45.4 Å². The van der Waals surface area contributed by atoms with Gasteiger partial charge in [0.15, 0.2) is 0 Å². The number of amides is 3. The molecule has 2 aliphatic heterocycles. The molecule has 2 saturated heterocycles. The quantitative estimate of drug-likeness (QED) is 0.313. The number of primary amides is 1. The number of rotatable bonds is 10. The number of carbonyl (C=O) groups excluding carboxylic acids is 3. The molecule has 5 rings (SSSR count). The molecule has 0 spiro atoms. The first-order valence-electron chi connectivity index (χ1n) is 15.2. The molecular weight excluding hydrogens is 597 g/mol. The summed E-state index contributed by atoms with van der Waals surface area (Å²) in [6.07, 6.45) is 5.30. The third-order valence-corrected chi connectivity index (χ3v) is 9.60. The van der Waals surface area contributed by atoms with Crippen LogP contribution < -0.4 is 5.73 Å². The topological polar surface area (TPSA) is 111 Å². The third-order valence-electron chi connectivity index (χ3n) is 8.86. The van der Waals surface area contributed by atoms with Crippen molar-refractivity contribution in [2.24, 2.45) is 5.73 Å². The fourth-order valence-electron chi connectivity index (χ4n) is 6.53. The number of halogens is 2. The number of hydrogen-bond donors (Lipinski definition) is 1. The van der Waals surface area contributed by atoms with Crippen LogP contribution >= 0.6 is 23.2 Å². The Morgan fingerprint density at radius 1 is 1.02 bits per heavy atom. The van der Waals surface area contributed by atoms with Crippen molar-refractivity contribution in [3.63, 3.8) is 0 Å². The third kappa shape index (κ3) is 7.52. The minimum absolute atomic E-state index is 0.167. The summed E-state index contributed by atoms with van der Waals surface area (Å²) in [4.78, 5) is 44.7. The Hall–Kier alpha value is -3.64. The van der Waals surface area contributed by atoms with Crippen LogP contribution in [0.3, 0.4) is 0 Å². The number of benzene rings is 3. The molecule has 3 aromatic rings. The van der Waals surface area contributed by atoms with Gasteiger partial charge < -0.3 is 20.4 Å². The van der Waals surface area contributed by atoms with Gasteiger partial charge in [-0.1, -0.05) is 53.5 Å². The fourth-order valence-corrected chi connectivity index (χ4v) is 6.84. The largest absolute Gasteiger partial charge is 0.368 e. The normalized spacial score (nSPS) is 16.9. The summed E-state index contributed by atoms with van der Waals surface area (Å²) < 4.78 is 0. The fraction of sp³-hybridized carbons (Fsp3) is 0.412. The molecule has 0 bridgehead atoms. The molecule has 10 heteroatoms. The lowest BCUT2D eigenvalue weighted by Crippen LogP contribution is -2.49. The predicted molar refractivity (Wildman–Crippen MR) is 173 cm³/mol. The Morgan fingerprint density at radius 2 is 1.80 bits per heavy atom. The Bertz CT molecular complexity index is 1580. The lowest BCUT2D eigenvalue weighted by atomic mass is 9.93. The second-order valence-corrected chi connectivity index (χ2v) is 12.6. The molecule has 3 aromatic carbocycles. The molecule has 0 aromatic heterocycles. The van der Waals surface area contributed by atoms with Crippen molar-refractivity contribution >= 4 is 51.7 Å². The van der Waals surface area contributed by atoms with Crippen molar-refractivity contribution in [3.05, 3.63) is 81.3 Å². The summed E-state index contributed by atoms with van der Waals surface area (Å²) in [6, 6.07) is 18.6. The number of carbonyl (C=O) groups is 3. The molecule has 2 N–H and O–H groups in total. The van der Waals surface area contributed by atoms with Gasteiger partial charge in [0.2, 0.25) is 11.8 Å². The van der Waals surface area contributed by atoms with Crippen LogP contribution in [0, 0.1) is 11.3 Å². The van der Waals surface area contributed by atoms with Gasteiger partial charge in [0.1, 0.15) is 0 Å². The van der Waals surface area contributed by atoms with Crippen LogP contribution in [0.1, 0.15) is 65.9 Å². The Labute approximate surface area is 268 Å². The van der Waals surface area contributed by atoms with Gasteiger partial charge in [-0.3, -0.25) is 14.4 Å². The van der Waals surface area contributed by atoms with Crippen LogP contribution in [0.25, 0.3) is 10.8 Å². The Balaban J connectivity index is 1.36. The van der Waals surface area contributed by atoms with Crippen molar-refractivity contribution in [3.8, 4) is 6.07 Å². The van der Waals surface area contributed by atoms with E-state index in [-0.39, 0.29) is 30.8 Å². The number of nitrogens with zero attached hydrogens (tertiary/aromatic N) is 4. The average molecular weight is 635 g/mol. The average Bonchev–Trinajstić information content (AvgIpc) is 3.03.